The third-order valence-electron chi connectivity index (χ3n) is 3.26. The molecule has 110 valence electrons. The molecule has 1 heterocycles. The average molecular weight is 293 g/mol. The average Bonchev–Trinajstić information content (AvgIpc) is 3.09. The molecule has 1 amide bonds. The van der Waals surface area contributed by atoms with Gasteiger partial charge >= 0.3 is 0 Å². The number of carbonyl (C=O) groups excluding carboxylic acids is 1. The van der Waals surface area contributed by atoms with Gasteiger partial charge in [0.1, 0.15) is 0 Å². The zero-order valence-electron chi connectivity index (χ0n) is 11.9. The number of aromatic nitrogens is 4. The van der Waals surface area contributed by atoms with Crippen molar-refractivity contribution in [1.82, 2.24) is 25.9 Å². The zero-order chi connectivity index (χ0) is 15.2. The molecule has 0 aliphatic rings. The molecule has 6 nitrogen and oxygen atoms in total. The maximum absolute atomic E-state index is 12.2. The van der Waals surface area contributed by atoms with Crippen LogP contribution in [-0.4, -0.2) is 33.1 Å². The SMILES string of the molecule is O=C(NCCc1nn[nH]n1)c1cccc(-c2ccccc2)c1. The maximum Gasteiger partial charge on any atom is 0.251 e. The van der Waals surface area contributed by atoms with Gasteiger partial charge in [-0.25, -0.2) is 0 Å². The van der Waals surface area contributed by atoms with Crippen LogP contribution in [0.1, 0.15) is 16.2 Å². The smallest absolute Gasteiger partial charge is 0.251 e. The summed E-state index contributed by atoms with van der Waals surface area (Å²) in [5, 5.41) is 16.4. The van der Waals surface area contributed by atoms with E-state index in [2.05, 4.69) is 25.9 Å². The Kier molecular flexibility index (Phi) is 4.20. The second kappa shape index (κ2) is 6.62. The maximum atomic E-state index is 12.2. The van der Waals surface area contributed by atoms with E-state index in [9.17, 15) is 4.79 Å². The van der Waals surface area contributed by atoms with E-state index in [1.54, 1.807) is 6.07 Å². The van der Waals surface area contributed by atoms with E-state index in [0.29, 0.717) is 24.4 Å². The van der Waals surface area contributed by atoms with Crippen LogP contribution in [0.5, 0.6) is 0 Å². The first-order valence-corrected chi connectivity index (χ1v) is 6.99. The highest BCUT2D eigenvalue weighted by atomic mass is 16.1. The highest BCUT2D eigenvalue weighted by molar-refractivity contribution is 5.95. The van der Waals surface area contributed by atoms with E-state index >= 15 is 0 Å². The van der Waals surface area contributed by atoms with Crippen LogP contribution in [0.2, 0.25) is 0 Å². The molecule has 3 rings (SSSR count). The lowest BCUT2D eigenvalue weighted by Gasteiger charge is -2.06. The van der Waals surface area contributed by atoms with Gasteiger partial charge < -0.3 is 5.32 Å². The summed E-state index contributed by atoms with van der Waals surface area (Å²) in [5.41, 5.74) is 2.74. The fourth-order valence-corrected chi connectivity index (χ4v) is 2.15. The Morgan fingerprint density at radius 3 is 2.64 bits per heavy atom. The van der Waals surface area contributed by atoms with Crippen LogP contribution in [0, 0.1) is 0 Å². The third-order valence-corrected chi connectivity index (χ3v) is 3.26. The van der Waals surface area contributed by atoms with Gasteiger partial charge in [-0.3, -0.25) is 4.79 Å². The number of hydrogen-bond acceptors (Lipinski definition) is 4. The van der Waals surface area contributed by atoms with Crippen molar-refractivity contribution in [2.24, 2.45) is 0 Å². The largest absolute Gasteiger partial charge is 0.352 e. The number of nitrogens with one attached hydrogen (secondary N) is 2. The summed E-state index contributed by atoms with van der Waals surface area (Å²) in [5.74, 6) is 0.472. The molecule has 22 heavy (non-hydrogen) atoms. The minimum Gasteiger partial charge on any atom is -0.352 e. The van der Waals surface area contributed by atoms with E-state index in [0.717, 1.165) is 11.1 Å². The van der Waals surface area contributed by atoms with Crippen LogP contribution in [-0.2, 0) is 6.42 Å². The van der Waals surface area contributed by atoms with E-state index in [1.165, 1.54) is 0 Å². The number of amides is 1. The normalized spacial score (nSPS) is 10.4. The van der Waals surface area contributed by atoms with Gasteiger partial charge in [-0.1, -0.05) is 47.7 Å². The third kappa shape index (κ3) is 3.35. The number of nitrogens with zero attached hydrogens (tertiary/aromatic N) is 3. The van der Waals surface area contributed by atoms with Crippen molar-refractivity contribution in [3.05, 3.63) is 66.0 Å². The van der Waals surface area contributed by atoms with Gasteiger partial charge in [0.2, 0.25) is 0 Å². The molecule has 0 saturated carbocycles. The molecule has 0 radical (unpaired) electrons. The molecule has 0 aliphatic heterocycles. The first-order valence-electron chi connectivity index (χ1n) is 6.99. The van der Waals surface area contributed by atoms with Crippen molar-refractivity contribution in [3.8, 4) is 11.1 Å². The minimum atomic E-state index is -0.110. The monoisotopic (exact) mass is 293 g/mol. The van der Waals surface area contributed by atoms with Crippen molar-refractivity contribution >= 4 is 5.91 Å². The van der Waals surface area contributed by atoms with Crippen molar-refractivity contribution in [2.75, 3.05) is 6.54 Å². The van der Waals surface area contributed by atoms with Crippen molar-refractivity contribution < 1.29 is 4.79 Å². The van der Waals surface area contributed by atoms with Crippen LogP contribution in [0.15, 0.2) is 54.6 Å². The summed E-state index contributed by atoms with van der Waals surface area (Å²) in [4.78, 5) is 12.2. The molecule has 0 unspecified atom stereocenters. The molecule has 2 N–H and O–H groups in total. The fraction of sp³-hybridized carbons (Fsp3) is 0.125. The molecule has 2 aromatic carbocycles. The topological polar surface area (TPSA) is 83.6 Å². The fourth-order valence-electron chi connectivity index (χ4n) is 2.15. The number of rotatable bonds is 5. The van der Waals surface area contributed by atoms with Gasteiger partial charge in [-0.15, -0.1) is 10.2 Å². The molecule has 1 aromatic heterocycles. The first-order chi connectivity index (χ1) is 10.8. The Hall–Kier alpha value is -3.02. The molecule has 0 aliphatic carbocycles. The molecule has 0 saturated heterocycles. The van der Waals surface area contributed by atoms with E-state index in [4.69, 9.17) is 0 Å². The molecular weight excluding hydrogens is 278 g/mol. The number of hydrogen-bond donors (Lipinski definition) is 2. The standard InChI is InChI=1S/C16H15N5O/c22-16(17-10-9-15-18-20-21-19-15)14-8-4-7-13(11-14)12-5-2-1-3-6-12/h1-8,11H,9-10H2,(H,17,22)(H,18,19,20,21). The molecule has 0 atom stereocenters. The molecular formula is C16H15N5O. The lowest BCUT2D eigenvalue weighted by Crippen LogP contribution is -2.25. The minimum absolute atomic E-state index is 0.110. The summed E-state index contributed by atoms with van der Waals surface area (Å²) >= 11 is 0. The van der Waals surface area contributed by atoms with Crippen LogP contribution in [0.3, 0.4) is 0 Å². The number of H-pyrrole nitrogens is 1. The van der Waals surface area contributed by atoms with Crippen LogP contribution >= 0.6 is 0 Å². The molecule has 0 fully saturated rings. The van der Waals surface area contributed by atoms with Gasteiger partial charge in [0, 0.05) is 18.5 Å². The Balaban J connectivity index is 1.65. The van der Waals surface area contributed by atoms with Crippen LogP contribution < -0.4 is 5.32 Å². The molecule has 0 spiro atoms. The van der Waals surface area contributed by atoms with Crippen molar-refractivity contribution in [2.45, 2.75) is 6.42 Å². The van der Waals surface area contributed by atoms with E-state index in [1.807, 2.05) is 48.5 Å². The van der Waals surface area contributed by atoms with E-state index in [-0.39, 0.29) is 5.91 Å². The van der Waals surface area contributed by atoms with Crippen molar-refractivity contribution in [1.29, 1.82) is 0 Å². The second-order valence-corrected chi connectivity index (χ2v) is 4.78. The summed E-state index contributed by atoms with van der Waals surface area (Å²) in [6, 6.07) is 17.5. The quantitative estimate of drug-likeness (QED) is 0.752. The predicted molar refractivity (Wildman–Crippen MR) is 82.1 cm³/mol. The Morgan fingerprint density at radius 2 is 1.86 bits per heavy atom. The zero-order valence-corrected chi connectivity index (χ0v) is 11.9. The summed E-state index contributed by atoms with van der Waals surface area (Å²) in [6.07, 6.45) is 0.542. The van der Waals surface area contributed by atoms with Crippen molar-refractivity contribution in [3.63, 3.8) is 0 Å². The van der Waals surface area contributed by atoms with E-state index < -0.39 is 0 Å². The van der Waals surface area contributed by atoms with Gasteiger partial charge in [-0.05, 0) is 23.3 Å². The summed E-state index contributed by atoms with van der Waals surface area (Å²) in [6.45, 7) is 0.466. The molecule has 6 heteroatoms. The number of tetrazole rings is 1. The predicted octanol–water partition coefficient (Wildman–Crippen LogP) is 1.84. The Morgan fingerprint density at radius 1 is 1.05 bits per heavy atom. The van der Waals surface area contributed by atoms with Gasteiger partial charge in [0.25, 0.3) is 5.91 Å². The van der Waals surface area contributed by atoms with Crippen LogP contribution in [0.4, 0.5) is 0 Å². The van der Waals surface area contributed by atoms with Gasteiger partial charge in [0.05, 0.1) is 0 Å². The summed E-state index contributed by atoms with van der Waals surface area (Å²) < 4.78 is 0. The van der Waals surface area contributed by atoms with Crippen LogP contribution in [0.25, 0.3) is 11.1 Å². The number of benzene rings is 2. The highest BCUT2D eigenvalue weighted by Crippen LogP contribution is 2.19. The lowest BCUT2D eigenvalue weighted by molar-refractivity contribution is 0.0954. The molecule has 0 bridgehead atoms. The number of aromatic amines is 1. The lowest BCUT2D eigenvalue weighted by atomic mass is 10.0. The number of carbonyl (C=O) groups is 1. The summed E-state index contributed by atoms with van der Waals surface area (Å²) in [7, 11) is 0. The van der Waals surface area contributed by atoms with Gasteiger partial charge in [0.15, 0.2) is 5.82 Å². The highest BCUT2D eigenvalue weighted by Gasteiger charge is 2.07. The first kappa shape index (κ1) is 13.9. The molecule has 3 aromatic rings. The Bertz CT molecular complexity index is 740. The van der Waals surface area contributed by atoms with Gasteiger partial charge in [-0.2, -0.15) is 5.21 Å². The second-order valence-electron chi connectivity index (χ2n) is 4.78. The Labute approximate surface area is 127 Å².